The molecule has 0 aliphatic rings. The molecule has 0 radical (unpaired) electrons. The summed E-state index contributed by atoms with van der Waals surface area (Å²) < 4.78 is 26.6. The van der Waals surface area contributed by atoms with Crippen molar-refractivity contribution < 1.29 is 8.42 Å². The molecule has 0 spiro atoms. The van der Waals surface area contributed by atoms with Crippen molar-refractivity contribution in [2.24, 2.45) is 0 Å². The summed E-state index contributed by atoms with van der Waals surface area (Å²) in [5.74, 6) is 0. The number of benzene rings is 2. The maximum Gasteiger partial charge on any atom is 0.240 e. The highest BCUT2D eigenvalue weighted by atomic mass is 35.5. The third-order valence-corrected chi connectivity index (χ3v) is 4.72. The van der Waals surface area contributed by atoms with E-state index in [0.717, 1.165) is 5.56 Å². The summed E-state index contributed by atoms with van der Waals surface area (Å²) in [6.07, 6.45) is 0.601. The highest BCUT2D eigenvalue weighted by Crippen LogP contribution is 2.14. The highest BCUT2D eigenvalue weighted by Gasteiger charge is 2.12. The van der Waals surface area contributed by atoms with E-state index in [2.05, 4.69) is 4.72 Å². The van der Waals surface area contributed by atoms with Crippen molar-refractivity contribution in [3.05, 3.63) is 64.1 Å². The van der Waals surface area contributed by atoms with E-state index in [0.29, 0.717) is 23.0 Å². The Bertz CT molecular complexity index is 667. The molecule has 0 heterocycles. The lowest BCUT2D eigenvalue weighted by Gasteiger charge is -2.07. The van der Waals surface area contributed by atoms with E-state index in [9.17, 15) is 8.42 Å². The Morgan fingerprint density at radius 3 is 1.90 bits per heavy atom. The number of hydrogen-bond donors (Lipinski definition) is 1. The van der Waals surface area contributed by atoms with E-state index < -0.39 is 10.0 Å². The van der Waals surface area contributed by atoms with Gasteiger partial charge in [-0.3, -0.25) is 0 Å². The lowest BCUT2D eigenvalue weighted by molar-refractivity contribution is 0.581. The van der Waals surface area contributed by atoms with Crippen LogP contribution in [0.1, 0.15) is 5.56 Å². The molecule has 0 saturated carbocycles. The van der Waals surface area contributed by atoms with Crippen LogP contribution < -0.4 is 4.72 Å². The van der Waals surface area contributed by atoms with Crippen LogP contribution in [0.5, 0.6) is 0 Å². The van der Waals surface area contributed by atoms with Gasteiger partial charge in [0.25, 0.3) is 0 Å². The number of hydrogen-bond acceptors (Lipinski definition) is 2. The molecule has 0 amide bonds. The van der Waals surface area contributed by atoms with Crippen molar-refractivity contribution in [1.82, 2.24) is 4.72 Å². The summed E-state index contributed by atoms with van der Waals surface area (Å²) in [6.45, 7) is 0.326. The first-order valence-electron chi connectivity index (χ1n) is 5.97. The van der Waals surface area contributed by atoms with E-state index >= 15 is 0 Å². The average molecular weight is 330 g/mol. The van der Waals surface area contributed by atoms with Crippen molar-refractivity contribution in [3.8, 4) is 0 Å². The third kappa shape index (κ3) is 4.21. The first-order chi connectivity index (χ1) is 9.47. The van der Waals surface area contributed by atoms with Gasteiger partial charge < -0.3 is 0 Å². The van der Waals surface area contributed by atoms with Gasteiger partial charge in [0.2, 0.25) is 10.0 Å². The summed E-state index contributed by atoms with van der Waals surface area (Å²) in [4.78, 5) is 0.206. The van der Waals surface area contributed by atoms with Gasteiger partial charge in [0.15, 0.2) is 0 Å². The Kier molecular flexibility index (Phi) is 5.05. The number of nitrogens with one attached hydrogen (secondary N) is 1. The monoisotopic (exact) mass is 329 g/mol. The number of halogens is 2. The molecule has 0 aromatic heterocycles. The van der Waals surface area contributed by atoms with Crippen molar-refractivity contribution in [3.63, 3.8) is 0 Å². The van der Waals surface area contributed by atoms with Crippen LogP contribution in [0.2, 0.25) is 10.0 Å². The van der Waals surface area contributed by atoms with E-state index in [-0.39, 0.29) is 4.90 Å². The summed E-state index contributed by atoms with van der Waals surface area (Å²) in [7, 11) is -3.49. The van der Waals surface area contributed by atoms with Gasteiger partial charge in [0, 0.05) is 16.6 Å². The molecule has 0 fully saturated rings. The highest BCUT2D eigenvalue weighted by molar-refractivity contribution is 7.89. The second-order valence-electron chi connectivity index (χ2n) is 4.23. The Hall–Kier alpha value is -1.07. The minimum atomic E-state index is -3.49. The molecule has 0 aliphatic carbocycles. The first-order valence-corrected chi connectivity index (χ1v) is 8.21. The smallest absolute Gasteiger partial charge is 0.211 e. The van der Waals surface area contributed by atoms with Crippen LogP contribution in [0.15, 0.2) is 53.4 Å². The van der Waals surface area contributed by atoms with Crippen molar-refractivity contribution in [2.45, 2.75) is 11.3 Å². The first kappa shape index (κ1) is 15.3. The summed E-state index contributed by atoms with van der Waals surface area (Å²) in [5, 5.41) is 1.17. The Labute approximate surface area is 128 Å². The van der Waals surface area contributed by atoms with Crippen LogP contribution in [0.4, 0.5) is 0 Å². The molecular formula is C14H13Cl2NO2S. The lowest BCUT2D eigenvalue weighted by atomic mass is 10.2. The molecule has 2 aromatic rings. The SMILES string of the molecule is O=S(=O)(NCCc1ccc(Cl)cc1)c1ccc(Cl)cc1. The van der Waals surface area contributed by atoms with Gasteiger partial charge in [0.05, 0.1) is 4.90 Å². The molecule has 0 aliphatic heterocycles. The predicted octanol–water partition coefficient (Wildman–Crippen LogP) is 3.51. The summed E-state index contributed by atoms with van der Waals surface area (Å²) >= 11 is 11.5. The van der Waals surface area contributed by atoms with Gasteiger partial charge in [-0.1, -0.05) is 35.3 Å². The van der Waals surface area contributed by atoms with Gasteiger partial charge in [-0.25, -0.2) is 13.1 Å². The summed E-state index contributed by atoms with van der Waals surface area (Å²) in [6, 6.07) is 13.4. The van der Waals surface area contributed by atoms with Crippen LogP contribution in [0.3, 0.4) is 0 Å². The zero-order chi connectivity index (χ0) is 14.6. The largest absolute Gasteiger partial charge is 0.240 e. The molecule has 106 valence electrons. The Morgan fingerprint density at radius 1 is 0.850 bits per heavy atom. The van der Waals surface area contributed by atoms with Crippen LogP contribution in [-0.2, 0) is 16.4 Å². The Balaban J connectivity index is 1.96. The van der Waals surface area contributed by atoms with Gasteiger partial charge in [-0.2, -0.15) is 0 Å². The molecule has 2 aromatic carbocycles. The van der Waals surface area contributed by atoms with E-state index in [1.165, 1.54) is 12.1 Å². The molecule has 2 rings (SSSR count). The van der Waals surface area contributed by atoms with E-state index in [1.54, 1.807) is 24.3 Å². The second-order valence-corrected chi connectivity index (χ2v) is 6.87. The fourth-order valence-electron chi connectivity index (χ4n) is 1.68. The predicted molar refractivity (Wildman–Crippen MR) is 81.8 cm³/mol. The van der Waals surface area contributed by atoms with Crippen LogP contribution in [0.25, 0.3) is 0 Å². The van der Waals surface area contributed by atoms with Crippen LogP contribution in [-0.4, -0.2) is 15.0 Å². The Morgan fingerprint density at radius 2 is 1.35 bits per heavy atom. The molecule has 6 heteroatoms. The van der Waals surface area contributed by atoms with E-state index in [1.807, 2.05) is 12.1 Å². The topological polar surface area (TPSA) is 46.2 Å². The van der Waals surface area contributed by atoms with Crippen LogP contribution >= 0.6 is 23.2 Å². The molecule has 3 nitrogen and oxygen atoms in total. The van der Waals surface area contributed by atoms with Gasteiger partial charge in [0.1, 0.15) is 0 Å². The molecule has 0 atom stereocenters. The molecule has 0 unspecified atom stereocenters. The molecule has 20 heavy (non-hydrogen) atoms. The second kappa shape index (κ2) is 6.59. The quantitative estimate of drug-likeness (QED) is 0.912. The zero-order valence-electron chi connectivity index (χ0n) is 10.5. The average Bonchev–Trinajstić information content (AvgIpc) is 2.41. The molecule has 0 saturated heterocycles. The molecule has 0 bridgehead atoms. The van der Waals surface area contributed by atoms with Gasteiger partial charge in [-0.15, -0.1) is 0 Å². The van der Waals surface area contributed by atoms with Crippen molar-refractivity contribution in [1.29, 1.82) is 0 Å². The fourth-order valence-corrected chi connectivity index (χ4v) is 2.96. The fraction of sp³-hybridized carbons (Fsp3) is 0.143. The van der Waals surface area contributed by atoms with Crippen molar-refractivity contribution >= 4 is 33.2 Å². The van der Waals surface area contributed by atoms with Crippen molar-refractivity contribution in [2.75, 3.05) is 6.54 Å². The summed E-state index contributed by atoms with van der Waals surface area (Å²) in [5.41, 5.74) is 1.02. The zero-order valence-corrected chi connectivity index (χ0v) is 12.8. The van der Waals surface area contributed by atoms with Crippen LogP contribution in [0, 0.1) is 0 Å². The maximum atomic E-state index is 12.0. The standard InChI is InChI=1S/C14H13Cl2NO2S/c15-12-3-1-11(2-4-12)9-10-17-20(18,19)14-7-5-13(16)6-8-14/h1-8,17H,9-10H2. The van der Waals surface area contributed by atoms with Gasteiger partial charge >= 0.3 is 0 Å². The molecular weight excluding hydrogens is 317 g/mol. The third-order valence-electron chi connectivity index (χ3n) is 2.74. The minimum Gasteiger partial charge on any atom is -0.211 e. The number of rotatable bonds is 5. The normalized spacial score (nSPS) is 11.5. The molecule has 1 N–H and O–H groups in total. The lowest BCUT2D eigenvalue weighted by Crippen LogP contribution is -2.25. The van der Waals surface area contributed by atoms with E-state index in [4.69, 9.17) is 23.2 Å². The minimum absolute atomic E-state index is 0.206. The van der Waals surface area contributed by atoms with Gasteiger partial charge in [-0.05, 0) is 48.4 Å². The maximum absolute atomic E-state index is 12.0. The number of sulfonamides is 1.